The third kappa shape index (κ3) is 7.87. The van der Waals surface area contributed by atoms with Gasteiger partial charge in [0, 0.05) is 40.1 Å². The van der Waals surface area contributed by atoms with Gasteiger partial charge in [0.2, 0.25) is 0 Å². The van der Waals surface area contributed by atoms with Crippen molar-refractivity contribution in [1.82, 2.24) is 14.5 Å². The Bertz CT molecular complexity index is 2600. The minimum Gasteiger partial charge on any atom is -0.501 e. The van der Waals surface area contributed by atoms with Gasteiger partial charge in [-0.25, -0.2) is 0 Å². The molecule has 0 aliphatic heterocycles. The van der Waals surface area contributed by atoms with Crippen LogP contribution >= 0.6 is 0 Å². The third-order valence-corrected chi connectivity index (χ3v) is 11.2. The van der Waals surface area contributed by atoms with Crippen LogP contribution in [0.2, 0.25) is 19.6 Å². The molecule has 0 saturated heterocycles. The summed E-state index contributed by atoms with van der Waals surface area (Å²) >= 11 is 0. The van der Waals surface area contributed by atoms with Crippen molar-refractivity contribution in [1.29, 1.82) is 0 Å². The summed E-state index contributed by atoms with van der Waals surface area (Å²) in [6.45, 7) is 17.3. The van der Waals surface area contributed by atoms with Crippen LogP contribution in [0, 0.1) is 18.1 Å². The van der Waals surface area contributed by atoms with Gasteiger partial charge < -0.3 is 14.0 Å². The quantitative estimate of drug-likeness (QED) is 0.123. The molecular weight excluding hydrogens is 843 g/mol. The average Bonchev–Trinajstić information content (AvgIpc) is 3.73. The number of imidazole rings is 1. The van der Waals surface area contributed by atoms with E-state index in [1.807, 2.05) is 80.7 Å². The third-order valence-electron chi connectivity index (χ3n) is 9.22. The van der Waals surface area contributed by atoms with Crippen molar-refractivity contribution in [2.75, 3.05) is 0 Å². The molecule has 0 spiro atoms. The van der Waals surface area contributed by atoms with Crippen LogP contribution in [0.25, 0.3) is 61.3 Å². The Morgan fingerprint density at radius 1 is 0.830 bits per heavy atom. The summed E-state index contributed by atoms with van der Waals surface area (Å²) in [4.78, 5) is 9.66. The summed E-state index contributed by atoms with van der Waals surface area (Å²) in [7, 11) is -1.67. The summed E-state index contributed by atoms with van der Waals surface area (Å²) in [5.74, 6) is 0.755. The molecule has 3 aromatic heterocycles. The first kappa shape index (κ1) is 35.4. The topological polar surface area (TPSA) is 43.9 Å². The summed E-state index contributed by atoms with van der Waals surface area (Å²) in [5.41, 5.74) is 9.46. The molecule has 5 aromatic carbocycles. The molecule has 3 heterocycles. The van der Waals surface area contributed by atoms with E-state index in [0.717, 1.165) is 72.1 Å². The van der Waals surface area contributed by atoms with Gasteiger partial charge in [-0.2, -0.15) is 0 Å². The molecule has 0 N–H and O–H groups in total. The van der Waals surface area contributed by atoms with Crippen molar-refractivity contribution in [3.8, 4) is 28.3 Å². The number of aromatic nitrogens is 3. The number of rotatable bonds is 6. The maximum Gasteiger partial charge on any atom is 0.120 e. The number of pyridine rings is 1. The van der Waals surface area contributed by atoms with Crippen molar-refractivity contribution in [2.45, 2.75) is 66.0 Å². The van der Waals surface area contributed by atoms with Crippen LogP contribution in [0.5, 0.6) is 0 Å². The predicted octanol–water partition coefficient (Wildman–Crippen LogP) is 12.0. The van der Waals surface area contributed by atoms with Crippen molar-refractivity contribution in [3.63, 3.8) is 0 Å². The van der Waals surface area contributed by atoms with Gasteiger partial charge in [0.1, 0.15) is 5.58 Å². The van der Waals surface area contributed by atoms with E-state index < -0.39 is 14.4 Å². The van der Waals surface area contributed by atoms with E-state index in [4.69, 9.17) is 12.1 Å². The zero-order valence-electron chi connectivity index (χ0n) is 33.7. The molecule has 271 valence electrons. The normalized spacial score (nSPS) is 12.7. The van der Waals surface area contributed by atoms with Gasteiger partial charge in [0.25, 0.3) is 0 Å². The standard InChI is InChI=1S/C29H23N2O.C18H24NSi.Ir/c1-29(2,3)22-14-5-7-16-24(22)31-25-17-8-6-15-23(25)30-28(31)21-13-10-12-20-19-11-4-9-18-26(19)32-27(20)21;1-14(2)11-16-12-17(15-9-7-6-8-10-15)19-13-18(16)20(3,4)5;/h4-12,14-18H,1-3H3;6-9,12-14H,11H2,1-5H3;/q2*-1;/i;11D2;. The van der Waals surface area contributed by atoms with Gasteiger partial charge in [0.15, 0.2) is 0 Å². The first-order chi connectivity index (χ1) is 25.7. The summed E-state index contributed by atoms with van der Waals surface area (Å²) in [5, 5.41) is 3.29. The van der Waals surface area contributed by atoms with E-state index in [0.29, 0.717) is 0 Å². The number of hydrogen-bond acceptors (Lipinski definition) is 3. The van der Waals surface area contributed by atoms with Gasteiger partial charge in [-0.05, 0) is 58.4 Å². The van der Waals surface area contributed by atoms with E-state index >= 15 is 0 Å². The van der Waals surface area contributed by atoms with Gasteiger partial charge in [-0.3, -0.25) is 4.98 Å². The Hall–Kier alpha value is -4.61. The Morgan fingerprint density at radius 2 is 1.55 bits per heavy atom. The molecule has 0 amide bonds. The molecule has 53 heavy (non-hydrogen) atoms. The number of fused-ring (bicyclic) bond motifs is 4. The van der Waals surface area contributed by atoms with Crippen LogP contribution in [-0.2, 0) is 31.9 Å². The van der Waals surface area contributed by atoms with Gasteiger partial charge >= 0.3 is 0 Å². The maximum atomic E-state index is 8.55. The van der Waals surface area contributed by atoms with E-state index in [-0.39, 0.29) is 31.4 Å². The molecule has 8 rings (SSSR count). The zero-order valence-corrected chi connectivity index (χ0v) is 35.1. The van der Waals surface area contributed by atoms with Crippen LogP contribution in [0.4, 0.5) is 0 Å². The molecule has 0 atom stereocenters. The summed E-state index contributed by atoms with van der Waals surface area (Å²) in [6.07, 6.45) is 0.528. The fourth-order valence-electron chi connectivity index (χ4n) is 6.78. The number of hydrogen-bond donors (Lipinski definition) is 0. The van der Waals surface area contributed by atoms with Crippen molar-refractivity contribution < 1.29 is 27.3 Å². The van der Waals surface area contributed by atoms with Crippen molar-refractivity contribution in [2.24, 2.45) is 5.92 Å². The van der Waals surface area contributed by atoms with Gasteiger partial charge in [-0.1, -0.05) is 125 Å². The SMILES string of the molecule is CC(C)(C)c1ccccc1-n1c(-c2[c-]ccc3c2oc2ccccc23)nc2ccccc21.[2H]C([2H])(c1cc(-c2[c-]cccc2)ncc1[Si](C)(C)C)C(C)C.[Ir]. The second-order valence-electron chi connectivity index (χ2n) is 15.7. The molecule has 8 aromatic rings. The molecule has 0 aliphatic carbocycles. The second-order valence-corrected chi connectivity index (χ2v) is 20.7. The fourth-order valence-corrected chi connectivity index (χ4v) is 8.18. The first-order valence-electron chi connectivity index (χ1n) is 19.0. The molecular formula is C47H47IrN3OSi-2. The Labute approximate surface area is 331 Å². The monoisotopic (exact) mass is 892 g/mol. The van der Waals surface area contributed by atoms with Crippen LogP contribution in [0.1, 0.15) is 48.5 Å². The molecule has 1 radical (unpaired) electrons. The van der Waals surface area contributed by atoms with Crippen LogP contribution < -0.4 is 5.19 Å². The predicted molar refractivity (Wildman–Crippen MR) is 221 cm³/mol. The van der Waals surface area contributed by atoms with Gasteiger partial charge in [0.05, 0.1) is 30.5 Å². The molecule has 0 unspecified atom stereocenters. The molecule has 0 bridgehead atoms. The first-order valence-corrected chi connectivity index (χ1v) is 21.5. The average molecular weight is 892 g/mol. The Balaban J connectivity index is 0.000000198. The number of furan rings is 1. The molecule has 0 aliphatic rings. The minimum absolute atomic E-state index is 0. The fraction of sp³-hybridized carbons (Fsp3) is 0.234. The summed E-state index contributed by atoms with van der Waals surface area (Å²) < 4.78 is 25.7. The van der Waals surface area contributed by atoms with Crippen LogP contribution in [-0.4, -0.2) is 22.6 Å². The minimum atomic E-state index is -1.67. The maximum absolute atomic E-state index is 8.55. The molecule has 6 heteroatoms. The largest absolute Gasteiger partial charge is 0.501 e. The smallest absolute Gasteiger partial charge is 0.120 e. The molecule has 4 nitrogen and oxygen atoms in total. The molecule has 0 saturated carbocycles. The number of para-hydroxylation sites is 4. The van der Waals surface area contributed by atoms with Crippen molar-refractivity contribution in [3.05, 3.63) is 145 Å². The molecule has 0 fully saturated rings. The zero-order chi connectivity index (χ0) is 38.4. The van der Waals surface area contributed by atoms with Crippen molar-refractivity contribution >= 4 is 46.2 Å². The summed E-state index contributed by atoms with van der Waals surface area (Å²) in [6, 6.07) is 45.3. The van der Waals surface area contributed by atoms with Gasteiger partial charge in [-0.15, -0.1) is 54.1 Å². The second kappa shape index (κ2) is 15.4. The number of nitrogens with zero attached hydrogens (tertiary/aromatic N) is 3. The van der Waals surface area contributed by atoms with E-state index in [2.05, 4.69) is 117 Å². The Morgan fingerprint density at radius 3 is 2.28 bits per heavy atom. The van der Waals surface area contributed by atoms with Crippen LogP contribution in [0.3, 0.4) is 0 Å². The van der Waals surface area contributed by atoms with Crippen LogP contribution in [0.15, 0.2) is 126 Å². The van der Waals surface area contributed by atoms with E-state index in [1.54, 1.807) is 0 Å². The Kier molecular flexibility index (Phi) is 10.3. The van der Waals surface area contributed by atoms with E-state index in [1.165, 1.54) is 5.56 Å². The van der Waals surface area contributed by atoms with E-state index in [9.17, 15) is 0 Å². The number of benzene rings is 5.